The summed E-state index contributed by atoms with van der Waals surface area (Å²) in [7, 11) is -0.421. The fourth-order valence-electron chi connectivity index (χ4n) is 2.12. The molecule has 0 amide bonds. The van der Waals surface area contributed by atoms with E-state index in [1.165, 1.54) is 17.3 Å². The minimum atomic E-state index is -0.421. The molecule has 0 bridgehead atoms. The molecule has 0 saturated heterocycles. The molecule has 0 fully saturated rings. The van der Waals surface area contributed by atoms with E-state index in [-0.39, 0.29) is 0 Å². The van der Waals surface area contributed by atoms with Gasteiger partial charge in [0.2, 0.25) is 0 Å². The highest BCUT2D eigenvalue weighted by Gasteiger charge is 2.13. The Morgan fingerprint density at radius 2 is 1.50 bits per heavy atom. The van der Waals surface area contributed by atoms with Crippen molar-refractivity contribution in [1.29, 1.82) is 0 Å². The van der Waals surface area contributed by atoms with Crippen molar-refractivity contribution in [3.8, 4) is 0 Å². The van der Waals surface area contributed by atoms with Gasteiger partial charge in [-0.05, 0) is 30.7 Å². The van der Waals surface area contributed by atoms with Gasteiger partial charge in [-0.1, -0.05) is 55.5 Å². The number of nitrogens with zero attached hydrogens (tertiary/aromatic N) is 1. The summed E-state index contributed by atoms with van der Waals surface area (Å²) >= 11 is 0. The third-order valence-electron chi connectivity index (χ3n) is 3.41. The molecule has 1 unspecified atom stereocenters. The van der Waals surface area contributed by atoms with Gasteiger partial charge in [0.1, 0.15) is 0 Å². The van der Waals surface area contributed by atoms with Crippen LogP contribution in [0.5, 0.6) is 0 Å². The Kier molecular flexibility index (Phi) is 4.59. The molecule has 2 aromatic rings. The predicted octanol–water partition coefficient (Wildman–Crippen LogP) is 2.70. The molecule has 2 rings (SSSR count). The van der Waals surface area contributed by atoms with Crippen molar-refractivity contribution >= 4 is 20.6 Å². The van der Waals surface area contributed by atoms with E-state index in [9.17, 15) is 0 Å². The second-order valence-corrected chi connectivity index (χ2v) is 6.52. The van der Waals surface area contributed by atoms with Crippen LogP contribution in [0.15, 0.2) is 60.7 Å². The highest BCUT2D eigenvalue weighted by atomic mass is 28.2. The van der Waals surface area contributed by atoms with Crippen molar-refractivity contribution in [2.45, 2.75) is 26.3 Å². The van der Waals surface area contributed by atoms with Crippen molar-refractivity contribution in [2.75, 3.05) is 4.57 Å². The van der Waals surface area contributed by atoms with Crippen molar-refractivity contribution in [2.24, 2.45) is 0 Å². The lowest BCUT2D eigenvalue weighted by Gasteiger charge is -2.31. The maximum atomic E-state index is 2.61. The average Bonchev–Trinajstić information content (AvgIpc) is 2.46. The Bertz CT molecular complexity index is 455. The lowest BCUT2D eigenvalue weighted by molar-refractivity contribution is 0.712. The van der Waals surface area contributed by atoms with Crippen LogP contribution in [0.4, 0.5) is 5.69 Å². The fourth-order valence-corrected chi connectivity index (χ4v) is 3.96. The van der Waals surface area contributed by atoms with Crippen molar-refractivity contribution in [3.63, 3.8) is 0 Å². The quantitative estimate of drug-likeness (QED) is 0.743. The highest BCUT2D eigenvalue weighted by molar-refractivity contribution is 6.57. The van der Waals surface area contributed by atoms with Gasteiger partial charge in [-0.3, -0.25) is 0 Å². The van der Waals surface area contributed by atoms with E-state index in [1.807, 2.05) is 0 Å². The Morgan fingerprint density at radius 1 is 0.944 bits per heavy atom. The summed E-state index contributed by atoms with van der Waals surface area (Å²) < 4.78 is 2.61. The summed E-state index contributed by atoms with van der Waals surface area (Å²) in [4.78, 5) is 0. The molecule has 0 radical (unpaired) electrons. The average molecular weight is 255 g/mol. The van der Waals surface area contributed by atoms with E-state index in [4.69, 9.17) is 0 Å². The second-order valence-electron chi connectivity index (χ2n) is 4.71. The van der Waals surface area contributed by atoms with Gasteiger partial charge in [-0.25, -0.2) is 0 Å². The highest BCUT2D eigenvalue weighted by Crippen LogP contribution is 2.16. The van der Waals surface area contributed by atoms with Crippen LogP contribution in [0.2, 0.25) is 0 Å². The summed E-state index contributed by atoms with van der Waals surface area (Å²) in [5.41, 5.74) is 1.36. The second kappa shape index (κ2) is 6.41. The molecule has 1 atom stereocenters. The number of para-hydroxylation sites is 1. The van der Waals surface area contributed by atoms with Crippen molar-refractivity contribution in [3.05, 3.63) is 60.7 Å². The van der Waals surface area contributed by atoms with E-state index >= 15 is 0 Å². The van der Waals surface area contributed by atoms with E-state index in [0.717, 1.165) is 0 Å². The minimum absolute atomic E-state index is 0.421. The SMILES string of the molecule is CCC(C)N([SiH2]c1ccccc1)c1ccccc1. The molecule has 0 aliphatic rings. The van der Waals surface area contributed by atoms with Gasteiger partial charge >= 0.3 is 0 Å². The summed E-state index contributed by atoms with van der Waals surface area (Å²) in [5.74, 6) is 0. The zero-order chi connectivity index (χ0) is 12.8. The Hall–Kier alpha value is -1.54. The lowest BCUT2D eigenvalue weighted by atomic mass is 10.2. The summed E-state index contributed by atoms with van der Waals surface area (Å²) in [6.07, 6.45) is 1.19. The molecule has 0 heterocycles. The monoisotopic (exact) mass is 255 g/mol. The fraction of sp³-hybridized carbons (Fsp3) is 0.250. The van der Waals surface area contributed by atoms with E-state index in [0.29, 0.717) is 6.04 Å². The normalized spacial score (nSPS) is 12.8. The van der Waals surface area contributed by atoms with Gasteiger partial charge in [-0.15, -0.1) is 0 Å². The molecule has 18 heavy (non-hydrogen) atoms. The van der Waals surface area contributed by atoms with Crippen molar-refractivity contribution < 1.29 is 0 Å². The van der Waals surface area contributed by atoms with Gasteiger partial charge in [0, 0.05) is 11.7 Å². The number of rotatable bonds is 5. The van der Waals surface area contributed by atoms with Crippen LogP contribution in [-0.2, 0) is 0 Å². The van der Waals surface area contributed by atoms with Gasteiger partial charge in [0.25, 0.3) is 0 Å². The van der Waals surface area contributed by atoms with Crippen LogP contribution in [-0.4, -0.2) is 15.7 Å². The molecule has 0 aliphatic carbocycles. The van der Waals surface area contributed by atoms with Gasteiger partial charge in [0.05, 0.1) is 0 Å². The summed E-state index contributed by atoms with van der Waals surface area (Å²) in [6.45, 7) is 4.59. The number of hydrogen-bond acceptors (Lipinski definition) is 1. The van der Waals surface area contributed by atoms with Crippen LogP contribution in [0.1, 0.15) is 20.3 Å². The molecule has 0 aliphatic heterocycles. The molecule has 0 N–H and O–H groups in total. The van der Waals surface area contributed by atoms with Crippen LogP contribution in [0.3, 0.4) is 0 Å². The van der Waals surface area contributed by atoms with Gasteiger partial charge < -0.3 is 4.57 Å². The van der Waals surface area contributed by atoms with Crippen LogP contribution >= 0.6 is 0 Å². The molecular weight excluding hydrogens is 234 g/mol. The predicted molar refractivity (Wildman–Crippen MR) is 83.3 cm³/mol. The molecule has 1 nitrogen and oxygen atoms in total. The smallest absolute Gasteiger partial charge is 0.155 e. The minimum Gasteiger partial charge on any atom is -0.396 e. The molecule has 0 spiro atoms. The van der Waals surface area contributed by atoms with E-state index in [2.05, 4.69) is 79.1 Å². The molecule has 94 valence electrons. The van der Waals surface area contributed by atoms with Crippen LogP contribution in [0.25, 0.3) is 0 Å². The third kappa shape index (κ3) is 3.23. The van der Waals surface area contributed by atoms with Gasteiger partial charge in [-0.2, -0.15) is 0 Å². The maximum Gasteiger partial charge on any atom is 0.155 e. The topological polar surface area (TPSA) is 3.24 Å². The Balaban J connectivity index is 2.21. The molecular formula is C16H21NSi. The Morgan fingerprint density at radius 3 is 2.06 bits per heavy atom. The molecule has 2 aromatic carbocycles. The zero-order valence-electron chi connectivity index (χ0n) is 11.2. The van der Waals surface area contributed by atoms with Crippen molar-refractivity contribution in [1.82, 2.24) is 0 Å². The molecule has 2 heteroatoms. The first kappa shape index (κ1) is 12.9. The first-order valence-electron chi connectivity index (χ1n) is 6.67. The van der Waals surface area contributed by atoms with Crippen LogP contribution in [0, 0.1) is 0 Å². The zero-order valence-corrected chi connectivity index (χ0v) is 12.6. The Labute approximate surface area is 112 Å². The van der Waals surface area contributed by atoms with E-state index < -0.39 is 9.68 Å². The lowest BCUT2D eigenvalue weighted by Crippen LogP contribution is -2.42. The number of anilines is 1. The summed E-state index contributed by atoms with van der Waals surface area (Å²) in [6, 6.07) is 22.3. The first-order valence-corrected chi connectivity index (χ1v) is 8.01. The van der Waals surface area contributed by atoms with Gasteiger partial charge in [0.15, 0.2) is 9.68 Å². The molecule has 0 saturated carbocycles. The van der Waals surface area contributed by atoms with E-state index in [1.54, 1.807) is 0 Å². The largest absolute Gasteiger partial charge is 0.396 e. The first-order chi connectivity index (χ1) is 8.81. The number of hydrogen-bond donors (Lipinski definition) is 0. The summed E-state index contributed by atoms with van der Waals surface area (Å²) in [5, 5.41) is 1.50. The maximum absolute atomic E-state index is 2.61. The molecule has 0 aromatic heterocycles. The third-order valence-corrected chi connectivity index (χ3v) is 5.57. The number of benzene rings is 2. The van der Waals surface area contributed by atoms with Crippen LogP contribution < -0.4 is 9.75 Å². The standard InChI is InChI=1S/C16H21NSi/c1-3-14(2)17(15-10-6-4-7-11-15)18-16-12-8-5-9-13-16/h4-14H,3,18H2,1-2H3.